The SMILES string of the molecule is C=CCN(Cc1cccc(OC)c1OC)c1c(CCCl)c(C)c(C#N)c2nc3ccccc3n12. The molecule has 4 aromatic rings. The number of nitriles is 1. The van der Waals surface area contributed by atoms with Crippen LogP contribution in [0.4, 0.5) is 5.82 Å². The van der Waals surface area contributed by atoms with Gasteiger partial charge >= 0.3 is 0 Å². The van der Waals surface area contributed by atoms with Crippen molar-refractivity contribution < 1.29 is 9.47 Å². The van der Waals surface area contributed by atoms with E-state index in [-0.39, 0.29) is 0 Å². The van der Waals surface area contributed by atoms with Gasteiger partial charge in [-0.2, -0.15) is 5.26 Å². The third kappa shape index (κ3) is 3.93. The summed E-state index contributed by atoms with van der Waals surface area (Å²) in [6.07, 6.45) is 2.48. The summed E-state index contributed by atoms with van der Waals surface area (Å²) >= 11 is 6.27. The molecule has 2 aromatic carbocycles. The highest BCUT2D eigenvalue weighted by Gasteiger charge is 2.25. The lowest BCUT2D eigenvalue weighted by molar-refractivity contribution is 0.351. The largest absolute Gasteiger partial charge is 0.493 e. The van der Waals surface area contributed by atoms with Crippen LogP contribution in [0, 0.1) is 18.3 Å². The molecule has 0 saturated heterocycles. The second kappa shape index (κ2) is 10.1. The highest BCUT2D eigenvalue weighted by Crippen LogP contribution is 2.37. The first kappa shape index (κ1) is 23.5. The third-order valence-electron chi connectivity index (χ3n) is 6.04. The van der Waals surface area contributed by atoms with Gasteiger partial charge in [0.25, 0.3) is 0 Å². The van der Waals surface area contributed by atoms with Gasteiger partial charge in [-0.25, -0.2) is 4.98 Å². The van der Waals surface area contributed by atoms with Crippen LogP contribution in [0.2, 0.25) is 0 Å². The molecule has 0 aliphatic carbocycles. The van der Waals surface area contributed by atoms with Crippen molar-refractivity contribution in [3.63, 3.8) is 0 Å². The lowest BCUT2D eigenvalue weighted by atomic mass is 10.0. The molecule has 7 heteroatoms. The average molecular weight is 475 g/mol. The average Bonchev–Trinajstić information content (AvgIpc) is 3.23. The van der Waals surface area contributed by atoms with Crippen LogP contribution in [0.1, 0.15) is 22.3 Å². The van der Waals surface area contributed by atoms with Gasteiger partial charge < -0.3 is 14.4 Å². The zero-order chi connectivity index (χ0) is 24.2. The van der Waals surface area contributed by atoms with Crippen LogP contribution in [0.5, 0.6) is 11.5 Å². The van der Waals surface area contributed by atoms with Crippen molar-refractivity contribution in [2.45, 2.75) is 19.9 Å². The number of pyridine rings is 1. The summed E-state index contributed by atoms with van der Waals surface area (Å²) < 4.78 is 13.3. The maximum absolute atomic E-state index is 10.0. The first-order valence-corrected chi connectivity index (χ1v) is 11.6. The number of rotatable bonds is 9. The summed E-state index contributed by atoms with van der Waals surface area (Å²) in [6.45, 7) is 7.09. The van der Waals surface area contributed by atoms with E-state index >= 15 is 0 Å². The minimum absolute atomic E-state index is 0.432. The zero-order valence-electron chi connectivity index (χ0n) is 19.6. The number of hydrogen-bond acceptors (Lipinski definition) is 5. The predicted molar refractivity (Wildman–Crippen MR) is 137 cm³/mol. The fraction of sp³-hybridized carbons (Fsp3) is 0.259. The zero-order valence-corrected chi connectivity index (χ0v) is 20.4. The van der Waals surface area contributed by atoms with E-state index in [4.69, 9.17) is 26.1 Å². The van der Waals surface area contributed by atoms with E-state index < -0.39 is 0 Å². The summed E-state index contributed by atoms with van der Waals surface area (Å²) in [7, 11) is 3.28. The van der Waals surface area contributed by atoms with Crippen LogP contribution in [-0.4, -0.2) is 36.0 Å². The van der Waals surface area contributed by atoms with E-state index in [0.29, 0.717) is 48.1 Å². The van der Waals surface area contributed by atoms with Crippen LogP contribution in [0.15, 0.2) is 55.1 Å². The summed E-state index contributed by atoms with van der Waals surface area (Å²) in [4.78, 5) is 7.05. The standard InChI is InChI=1S/C27H27ClN4O2/c1-5-15-31(17-19-9-8-12-24(33-3)25(19)34-4)27-20(13-14-28)18(2)21(16-29)26-30-22-10-6-7-11-23(22)32(26)27/h5-12H,1,13-15,17H2,2-4H3. The Bertz CT molecular complexity index is 1400. The Labute approximate surface area is 204 Å². The van der Waals surface area contributed by atoms with E-state index in [1.54, 1.807) is 14.2 Å². The molecular weight excluding hydrogens is 448 g/mol. The van der Waals surface area contributed by atoms with Crippen molar-refractivity contribution in [2.24, 2.45) is 0 Å². The van der Waals surface area contributed by atoms with Gasteiger partial charge in [0.15, 0.2) is 17.1 Å². The highest BCUT2D eigenvalue weighted by molar-refractivity contribution is 6.18. The molecule has 0 fully saturated rings. The highest BCUT2D eigenvalue weighted by atomic mass is 35.5. The minimum atomic E-state index is 0.432. The Morgan fingerprint density at radius 2 is 1.97 bits per heavy atom. The lowest BCUT2D eigenvalue weighted by Crippen LogP contribution is -2.27. The summed E-state index contributed by atoms with van der Waals surface area (Å²) in [5, 5.41) is 10.0. The Morgan fingerprint density at radius 1 is 1.18 bits per heavy atom. The molecule has 2 heterocycles. The first-order chi connectivity index (χ1) is 16.6. The molecule has 0 aliphatic rings. The maximum atomic E-state index is 10.0. The molecule has 0 bridgehead atoms. The van der Waals surface area contributed by atoms with Crippen LogP contribution in [0.3, 0.4) is 0 Å². The van der Waals surface area contributed by atoms with Crippen molar-refractivity contribution in [3.05, 3.63) is 77.4 Å². The van der Waals surface area contributed by atoms with E-state index in [1.165, 1.54) is 0 Å². The molecule has 0 aliphatic heterocycles. The van der Waals surface area contributed by atoms with Crippen LogP contribution in [0.25, 0.3) is 16.7 Å². The third-order valence-corrected chi connectivity index (χ3v) is 6.23. The van der Waals surface area contributed by atoms with Gasteiger partial charge in [0.2, 0.25) is 0 Å². The van der Waals surface area contributed by atoms with Crippen LogP contribution >= 0.6 is 11.6 Å². The first-order valence-electron chi connectivity index (χ1n) is 11.0. The van der Waals surface area contributed by atoms with Crippen molar-refractivity contribution >= 4 is 34.1 Å². The topological polar surface area (TPSA) is 62.8 Å². The molecule has 0 spiro atoms. The van der Waals surface area contributed by atoms with Gasteiger partial charge in [-0.1, -0.05) is 30.3 Å². The van der Waals surface area contributed by atoms with E-state index in [0.717, 1.165) is 33.5 Å². The van der Waals surface area contributed by atoms with Gasteiger partial charge in [-0.15, -0.1) is 18.2 Å². The van der Waals surface area contributed by atoms with Crippen molar-refractivity contribution in [1.29, 1.82) is 5.26 Å². The molecule has 0 atom stereocenters. The molecule has 4 rings (SSSR count). The Morgan fingerprint density at radius 3 is 2.65 bits per heavy atom. The maximum Gasteiger partial charge on any atom is 0.165 e. The summed E-state index contributed by atoms with van der Waals surface area (Å²) in [5.74, 6) is 2.75. The normalized spacial score (nSPS) is 10.9. The number of imidazole rings is 1. The number of fused-ring (bicyclic) bond motifs is 3. The van der Waals surface area contributed by atoms with Crippen molar-refractivity contribution in [1.82, 2.24) is 9.38 Å². The van der Waals surface area contributed by atoms with Crippen LogP contribution < -0.4 is 14.4 Å². The fourth-order valence-corrected chi connectivity index (χ4v) is 4.74. The molecule has 0 saturated carbocycles. The number of halogens is 1. The molecule has 0 N–H and O–H groups in total. The Balaban J connectivity index is 2.05. The van der Waals surface area contributed by atoms with Crippen molar-refractivity contribution in [2.75, 3.05) is 31.5 Å². The lowest BCUT2D eigenvalue weighted by Gasteiger charge is -2.29. The van der Waals surface area contributed by atoms with Crippen molar-refractivity contribution in [3.8, 4) is 17.6 Å². The number of anilines is 1. The van der Waals surface area contributed by atoms with E-state index in [1.807, 2.05) is 55.5 Å². The number of methoxy groups -OCH3 is 2. The summed E-state index contributed by atoms with van der Waals surface area (Å²) in [5.41, 5.74) is 5.86. The number of benzene rings is 2. The molecule has 0 radical (unpaired) electrons. The van der Waals surface area contributed by atoms with Gasteiger partial charge in [0.1, 0.15) is 11.9 Å². The second-order valence-electron chi connectivity index (χ2n) is 7.93. The Kier molecular flexibility index (Phi) is 6.95. The monoisotopic (exact) mass is 474 g/mol. The number of ether oxygens (including phenoxy) is 2. The summed E-state index contributed by atoms with van der Waals surface area (Å²) in [6, 6.07) is 16.2. The number of hydrogen-bond donors (Lipinski definition) is 0. The minimum Gasteiger partial charge on any atom is -0.493 e. The second-order valence-corrected chi connectivity index (χ2v) is 8.31. The molecule has 6 nitrogen and oxygen atoms in total. The number of aromatic nitrogens is 2. The van der Waals surface area contributed by atoms with Crippen LogP contribution in [-0.2, 0) is 13.0 Å². The molecule has 0 amide bonds. The fourth-order valence-electron chi connectivity index (χ4n) is 4.55. The number of alkyl halides is 1. The molecule has 34 heavy (non-hydrogen) atoms. The molecule has 2 aromatic heterocycles. The number of para-hydroxylation sites is 3. The van der Waals surface area contributed by atoms with Gasteiger partial charge in [0, 0.05) is 24.5 Å². The Hall–Kier alpha value is -3.69. The quantitative estimate of drug-likeness (QED) is 0.231. The van der Waals surface area contributed by atoms with E-state index in [2.05, 4.69) is 21.9 Å². The smallest absolute Gasteiger partial charge is 0.165 e. The van der Waals surface area contributed by atoms with E-state index in [9.17, 15) is 5.26 Å². The molecule has 0 unspecified atom stereocenters. The van der Waals surface area contributed by atoms with Gasteiger partial charge in [-0.05, 0) is 42.7 Å². The van der Waals surface area contributed by atoms with Gasteiger partial charge in [-0.3, -0.25) is 4.40 Å². The molecule has 174 valence electrons. The predicted octanol–water partition coefficient (Wildman–Crippen LogP) is 5.66. The number of nitrogens with zero attached hydrogens (tertiary/aromatic N) is 4. The molecular formula is C27H27ClN4O2. The van der Waals surface area contributed by atoms with Gasteiger partial charge in [0.05, 0.1) is 30.8 Å².